The van der Waals surface area contributed by atoms with Gasteiger partial charge < -0.3 is 0 Å². The van der Waals surface area contributed by atoms with Crippen molar-refractivity contribution >= 4 is 0 Å². The fraction of sp³-hybridized carbons (Fsp3) is 0.312. The van der Waals surface area contributed by atoms with Crippen molar-refractivity contribution in [3.05, 3.63) is 54.2 Å². The van der Waals surface area contributed by atoms with Crippen molar-refractivity contribution in [2.45, 2.75) is 27.2 Å². The van der Waals surface area contributed by atoms with Crippen LogP contribution in [0.15, 0.2) is 48.7 Å². The van der Waals surface area contributed by atoms with E-state index in [4.69, 9.17) is 0 Å². The highest BCUT2D eigenvalue weighted by molar-refractivity contribution is 5.58. The van der Waals surface area contributed by atoms with Gasteiger partial charge in [0.25, 0.3) is 0 Å². The summed E-state index contributed by atoms with van der Waals surface area (Å²) < 4.78 is 0. The van der Waals surface area contributed by atoms with Crippen molar-refractivity contribution in [2.24, 2.45) is 5.41 Å². The van der Waals surface area contributed by atoms with E-state index in [0.717, 1.165) is 12.1 Å². The number of nitrogens with zero attached hydrogens (tertiary/aromatic N) is 1. The third-order valence-corrected chi connectivity index (χ3v) is 2.65. The van der Waals surface area contributed by atoms with Gasteiger partial charge in [-0.15, -0.1) is 0 Å². The Morgan fingerprint density at radius 1 is 0.941 bits per heavy atom. The lowest BCUT2D eigenvalue weighted by Crippen LogP contribution is -2.08. The summed E-state index contributed by atoms with van der Waals surface area (Å²) in [5.41, 5.74) is 3.95. The molecule has 1 aromatic heterocycles. The van der Waals surface area contributed by atoms with E-state index in [-0.39, 0.29) is 0 Å². The van der Waals surface area contributed by atoms with Crippen LogP contribution in [0.5, 0.6) is 0 Å². The number of hydrogen-bond acceptors (Lipinski definition) is 1. The van der Waals surface area contributed by atoms with Gasteiger partial charge in [-0.3, -0.25) is 4.98 Å². The van der Waals surface area contributed by atoms with Crippen molar-refractivity contribution in [1.29, 1.82) is 0 Å². The second-order valence-corrected chi connectivity index (χ2v) is 5.65. The minimum atomic E-state index is 0.340. The van der Waals surface area contributed by atoms with Crippen molar-refractivity contribution in [3.63, 3.8) is 0 Å². The molecule has 0 saturated carbocycles. The molecule has 0 fully saturated rings. The van der Waals surface area contributed by atoms with Crippen molar-refractivity contribution in [3.8, 4) is 11.3 Å². The van der Waals surface area contributed by atoms with Crippen LogP contribution < -0.4 is 0 Å². The molecule has 0 aliphatic rings. The van der Waals surface area contributed by atoms with E-state index in [9.17, 15) is 0 Å². The highest BCUT2D eigenvalue weighted by atomic mass is 14.7. The topological polar surface area (TPSA) is 12.9 Å². The van der Waals surface area contributed by atoms with Crippen LogP contribution in [-0.2, 0) is 6.42 Å². The Labute approximate surface area is 104 Å². The Morgan fingerprint density at radius 3 is 2.18 bits per heavy atom. The standard InChI is InChI=1S/C16H19N/c1-16(2,3)12-13-7-9-14(10-8-13)15-6-4-5-11-17-15/h4-11H,12H2,1-3H3. The van der Waals surface area contributed by atoms with E-state index in [1.807, 2.05) is 24.4 Å². The Bertz CT molecular complexity index is 463. The lowest BCUT2D eigenvalue weighted by Gasteiger charge is -2.18. The van der Waals surface area contributed by atoms with Crippen LogP contribution in [0.2, 0.25) is 0 Å². The van der Waals surface area contributed by atoms with Gasteiger partial charge in [0.15, 0.2) is 0 Å². The largest absolute Gasteiger partial charge is 0.256 e. The molecule has 0 radical (unpaired) electrons. The number of aromatic nitrogens is 1. The minimum absolute atomic E-state index is 0.340. The van der Waals surface area contributed by atoms with E-state index in [0.29, 0.717) is 5.41 Å². The van der Waals surface area contributed by atoms with Crippen molar-refractivity contribution in [2.75, 3.05) is 0 Å². The van der Waals surface area contributed by atoms with Crippen molar-refractivity contribution in [1.82, 2.24) is 4.98 Å². The lowest BCUT2D eigenvalue weighted by molar-refractivity contribution is 0.411. The Morgan fingerprint density at radius 2 is 1.65 bits per heavy atom. The van der Waals surface area contributed by atoms with Gasteiger partial charge in [-0.05, 0) is 29.5 Å². The third-order valence-electron chi connectivity index (χ3n) is 2.65. The van der Waals surface area contributed by atoms with Gasteiger partial charge in [0, 0.05) is 11.8 Å². The molecule has 17 heavy (non-hydrogen) atoms. The van der Waals surface area contributed by atoms with Gasteiger partial charge in [-0.2, -0.15) is 0 Å². The molecule has 2 rings (SSSR count). The number of pyridine rings is 1. The molecular weight excluding hydrogens is 206 g/mol. The first-order chi connectivity index (χ1) is 8.04. The average molecular weight is 225 g/mol. The molecule has 0 aliphatic carbocycles. The number of hydrogen-bond donors (Lipinski definition) is 0. The summed E-state index contributed by atoms with van der Waals surface area (Å²) in [5.74, 6) is 0. The van der Waals surface area contributed by atoms with Gasteiger partial charge in [-0.25, -0.2) is 0 Å². The van der Waals surface area contributed by atoms with E-state index < -0.39 is 0 Å². The summed E-state index contributed by atoms with van der Waals surface area (Å²) in [5, 5.41) is 0. The summed E-state index contributed by atoms with van der Waals surface area (Å²) >= 11 is 0. The molecule has 0 aliphatic heterocycles. The predicted molar refractivity (Wildman–Crippen MR) is 72.8 cm³/mol. The van der Waals surface area contributed by atoms with E-state index in [1.54, 1.807) is 0 Å². The maximum absolute atomic E-state index is 4.35. The molecule has 1 heterocycles. The third kappa shape index (κ3) is 3.42. The van der Waals surface area contributed by atoms with Crippen LogP contribution in [0.4, 0.5) is 0 Å². The molecule has 0 spiro atoms. The molecule has 0 saturated heterocycles. The number of rotatable bonds is 2. The molecule has 1 aromatic carbocycles. The summed E-state index contributed by atoms with van der Waals surface area (Å²) in [7, 11) is 0. The second-order valence-electron chi connectivity index (χ2n) is 5.65. The van der Waals surface area contributed by atoms with Crippen LogP contribution in [-0.4, -0.2) is 4.98 Å². The normalized spacial score (nSPS) is 11.5. The van der Waals surface area contributed by atoms with E-state index >= 15 is 0 Å². The molecule has 0 bridgehead atoms. The average Bonchev–Trinajstić information content (AvgIpc) is 2.29. The Hall–Kier alpha value is -1.63. The molecule has 0 atom stereocenters. The zero-order valence-corrected chi connectivity index (χ0v) is 10.8. The predicted octanol–water partition coefficient (Wildman–Crippen LogP) is 4.34. The van der Waals surface area contributed by atoms with Crippen LogP contribution in [0, 0.1) is 5.41 Å². The van der Waals surface area contributed by atoms with Gasteiger partial charge in [0.2, 0.25) is 0 Å². The molecule has 0 unspecified atom stereocenters. The first-order valence-corrected chi connectivity index (χ1v) is 6.05. The zero-order chi connectivity index (χ0) is 12.3. The molecular formula is C16H19N. The first kappa shape index (κ1) is 11.8. The summed E-state index contributed by atoms with van der Waals surface area (Å²) in [4.78, 5) is 4.35. The van der Waals surface area contributed by atoms with Crippen LogP contribution >= 0.6 is 0 Å². The Balaban J connectivity index is 2.19. The summed E-state index contributed by atoms with van der Waals surface area (Å²) in [6, 6.07) is 14.7. The monoisotopic (exact) mass is 225 g/mol. The highest BCUT2D eigenvalue weighted by Crippen LogP contribution is 2.23. The van der Waals surface area contributed by atoms with Gasteiger partial charge in [-0.1, -0.05) is 51.1 Å². The first-order valence-electron chi connectivity index (χ1n) is 6.05. The molecule has 1 nitrogen and oxygen atoms in total. The summed E-state index contributed by atoms with van der Waals surface area (Å²) in [6.07, 6.45) is 2.94. The quantitative estimate of drug-likeness (QED) is 0.741. The SMILES string of the molecule is CC(C)(C)Cc1ccc(-c2ccccn2)cc1. The summed E-state index contributed by atoms with van der Waals surface area (Å²) in [6.45, 7) is 6.79. The smallest absolute Gasteiger partial charge is 0.0701 e. The van der Waals surface area contributed by atoms with Crippen LogP contribution in [0.1, 0.15) is 26.3 Å². The lowest BCUT2D eigenvalue weighted by atomic mass is 9.88. The van der Waals surface area contributed by atoms with E-state index in [2.05, 4.69) is 50.0 Å². The fourth-order valence-electron chi connectivity index (χ4n) is 1.94. The maximum Gasteiger partial charge on any atom is 0.0701 e. The molecule has 88 valence electrons. The van der Waals surface area contributed by atoms with Crippen molar-refractivity contribution < 1.29 is 0 Å². The molecule has 0 N–H and O–H groups in total. The van der Waals surface area contributed by atoms with Gasteiger partial charge in [0.1, 0.15) is 0 Å². The maximum atomic E-state index is 4.35. The second kappa shape index (κ2) is 4.70. The molecule has 1 heteroatoms. The van der Waals surface area contributed by atoms with Gasteiger partial charge >= 0.3 is 0 Å². The minimum Gasteiger partial charge on any atom is -0.256 e. The zero-order valence-electron chi connectivity index (χ0n) is 10.8. The molecule has 2 aromatic rings. The fourth-order valence-corrected chi connectivity index (χ4v) is 1.94. The van der Waals surface area contributed by atoms with Crippen LogP contribution in [0.25, 0.3) is 11.3 Å². The van der Waals surface area contributed by atoms with Gasteiger partial charge in [0.05, 0.1) is 5.69 Å². The van der Waals surface area contributed by atoms with E-state index in [1.165, 1.54) is 11.1 Å². The Kier molecular flexibility index (Phi) is 3.28. The number of benzene rings is 1. The van der Waals surface area contributed by atoms with Crippen LogP contribution in [0.3, 0.4) is 0 Å². The molecule has 0 amide bonds. The highest BCUT2D eigenvalue weighted by Gasteiger charge is 2.11.